The van der Waals surface area contributed by atoms with E-state index in [4.69, 9.17) is 0 Å². The van der Waals surface area contributed by atoms with Gasteiger partial charge in [0.05, 0.1) is 5.69 Å². The van der Waals surface area contributed by atoms with Crippen molar-refractivity contribution in [2.24, 2.45) is 5.41 Å². The highest BCUT2D eigenvalue weighted by molar-refractivity contribution is 5.03. The van der Waals surface area contributed by atoms with Crippen LogP contribution in [0, 0.1) is 5.41 Å². The van der Waals surface area contributed by atoms with Crippen molar-refractivity contribution < 1.29 is 0 Å². The highest BCUT2D eigenvalue weighted by atomic mass is 15.1. The molecule has 0 aromatic carbocycles. The summed E-state index contributed by atoms with van der Waals surface area (Å²) in [6.45, 7) is 8.77. The van der Waals surface area contributed by atoms with Crippen molar-refractivity contribution in [3.05, 3.63) is 30.1 Å². The van der Waals surface area contributed by atoms with Crippen LogP contribution in [0.1, 0.15) is 26.5 Å². The van der Waals surface area contributed by atoms with Crippen molar-refractivity contribution in [1.82, 2.24) is 9.88 Å². The molecule has 0 N–H and O–H groups in total. The Kier molecular flexibility index (Phi) is 3.64. The minimum absolute atomic E-state index is 0.351. The Balaban J connectivity index is 2.46. The van der Waals surface area contributed by atoms with Gasteiger partial charge in [0.2, 0.25) is 0 Å². The molecule has 0 unspecified atom stereocenters. The Morgan fingerprint density at radius 2 is 2.00 bits per heavy atom. The molecule has 78 valence electrons. The molecule has 1 aromatic rings. The standard InChI is InChI=1S/C12H20N2/c1-12(2,3)10-14(4)9-11-7-5-6-8-13-11/h5-8H,9-10H2,1-4H3. The SMILES string of the molecule is CN(Cc1ccccn1)CC(C)(C)C. The Morgan fingerprint density at radius 3 is 2.50 bits per heavy atom. The van der Waals surface area contributed by atoms with E-state index in [1.807, 2.05) is 18.3 Å². The van der Waals surface area contributed by atoms with Gasteiger partial charge in [0.25, 0.3) is 0 Å². The fraction of sp³-hybridized carbons (Fsp3) is 0.583. The monoisotopic (exact) mass is 192 g/mol. The van der Waals surface area contributed by atoms with Crippen LogP contribution in [0.5, 0.6) is 0 Å². The first-order valence-electron chi connectivity index (χ1n) is 5.06. The van der Waals surface area contributed by atoms with Gasteiger partial charge in [0.15, 0.2) is 0 Å². The Bertz CT molecular complexity index is 261. The van der Waals surface area contributed by atoms with Crippen molar-refractivity contribution >= 4 is 0 Å². The average Bonchev–Trinajstić information content (AvgIpc) is 2.02. The first kappa shape index (κ1) is 11.2. The highest BCUT2D eigenvalue weighted by Crippen LogP contribution is 2.15. The summed E-state index contributed by atoms with van der Waals surface area (Å²) in [4.78, 5) is 6.61. The molecule has 0 aliphatic carbocycles. The fourth-order valence-electron chi connectivity index (χ4n) is 1.63. The topological polar surface area (TPSA) is 16.1 Å². The Morgan fingerprint density at radius 1 is 1.29 bits per heavy atom. The summed E-state index contributed by atoms with van der Waals surface area (Å²) in [6.07, 6.45) is 1.85. The smallest absolute Gasteiger partial charge is 0.0543 e. The molecule has 14 heavy (non-hydrogen) atoms. The third-order valence-corrected chi connectivity index (χ3v) is 1.90. The number of hydrogen-bond acceptors (Lipinski definition) is 2. The number of nitrogens with zero attached hydrogens (tertiary/aromatic N) is 2. The molecule has 0 atom stereocenters. The van der Waals surface area contributed by atoms with Crippen LogP contribution < -0.4 is 0 Å². The zero-order chi connectivity index (χ0) is 10.6. The third kappa shape index (κ3) is 4.38. The van der Waals surface area contributed by atoms with E-state index in [1.54, 1.807) is 0 Å². The first-order chi connectivity index (χ1) is 6.47. The average molecular weight is 192 g/mol. The number of aromatic nitrogens is 1. The maximum atomic E-state index is 4.31. The van der Waals surface area contributed by atoms with Crippen molar-refractivity contribution in [1.29, 1.82) is 0 Å². The molecular weight excluding hydrogens is 172 g/mol. The molecule has 0 saturated heterocycles. The molecule has 0 radical (unpaired) electrons. The van der Waals surface area contributed by atoms with Crippen LogP contribution in [-0.2, 0) is 6.54 Å². The second kappa shape index (κ2) is 4.56. The summed E-state index contributed by atoms with van der Waals surface area (Å²) >= 11 is 0. The van der Waals surface area contributed by atoms with Gasteiger partial charge >= 0.3 is 0 Å². The van der Waals surface area contributed by atoms with E-state index in [0.29, 0.717) is 5.41 Å². The largest absolute Gasteiger partial charge is 0.300 e. The number of hydrogen-bond donors (Lipinski definition) is 0. The van der Waals surface area contributed by atoms with Gasteiger partial charge in [-0.15, -0.1) is 0 Å². The summed E-state index contributed by atoms with van der Waals surface area (Å²) in [5.41, 5.74) is 1.49. The van der Waals surface area contributed by atoms with Gasteiger partial charge in [-0.1, -0.05) is 26.8 Å². The van der Waals surface area contributed by atoms with Gasteiger partial charge in [-0.05, 0) is 24.6 Å². The van der Waals surface area contributed by atoms with Crippen LogP contribution >= 0.6 is 0 Å². The molecule has 2 nitrogen and oxygen atoms in total. The molecule has 0 amide bonds. The van der Waals surface area contributed by atoms with Gasteiger partial charge in [0, 0.05) is 19.3 Å². The quantitative estimate of drug-likeness (QED) is 0.731. The molecule has 2 heteroatoms. The van der Waals surface area contributed by atoms with Crippen molar-refractivity contribution in [2.45, 2.75) is 27.3 Å². The van der Waals surface area contributed by atoms with Crippen LogP contribution in [0.25, 0.3) is 0 Å². The van der Waals surface area contributed by atoms with Crippen molar-refractivity contribution in [3.8, 4) is 0 Å². The van der Waals surface area contributed by atoms with E-state index in [2.05, 4.69) is 43.8 Å². The molecule has 1 rings (SSSR count). The molecule has 0 bridgehead atoms. The molecule has 1 aromatic heterocycles. The second-order valence-corrected chi connectivity index (χ2v) is 5.05. The van der Waals surface area contributed by atoms with Gasteiger partial charge < -0.3 is 4.90 Å². The normalized spacial score (nSPS) is 12.1. The fourth-order valence-corrected chi connectivity index (χ4v) is 1.63. The Labute approximate surface area is 87.0 Å². The van der Waals surface area contributed by atoms with Crippen LogP contribution in [0.15, 0.2) is 24.4 Å². The van der Waals surface area contributed by atoms with E-state index in [1.165, 1.54) is 0 Å². The lowest BCUT2D eigenvalue weighted by molar-refractivity contribution is 0.219. The molecule has 0 aliphatic rings. The van der Waals surface area contributed by atoms with Crippen LogP contribution in [0.4, 0.5) is 0 Å². The Hall–Kier alpha value is -0.890. The van der Waals surface area contributed by atoms with E-state index < -0.39 is 0 Å². The van der Waals surface area contributed by atoms with Crippen LogP contribution in [0.3, 0.4) is 0 Å². The van der Waals surface area contributed by atoms with E-state index in [-0.39, 0.29) is 0 Å². The number of pyridine rings is 1. The molecule has 0 saturated carbocycles. The zero-order valence-corrected chi connectivity index (χ0v) is 9.62. The van der Waals surface area contributed by atoms with Gasteiger partial charge in [-0.25, -0.2) is 0 Å². The maximum Gasteiger partial charge on any atom is 0.0543 e. The summed E-state index contributed by atoms with van der Waals surface area (Å²) in [5, 5.41) is 0. The lowest BCUT2D eigenvalue weighted by Crippen LogP contribution is -2.29. The third-order valence-electron chi connectivity index (χ3n) is 1.90. The lowest BCUT2D eigenvalue weighted by Gasteiger charge is -2.26. The zero-order valence-electron chi connectivity index (χ0n) is 9.62. The van der Waals surface area contributed by atoms with Crippen LogP contribution in [-0.4, -0.2) is 23.5 Å². The molecular formula is C12H20N2. The van der Waals surface area contributed by atoms with Crippen molar-refractivity contribution in [3.63, 3.8) is 0 Å². The summed E-state index contributed by atoms with van der Waals surface area (Å²) in [5.74, 6) is 0. The van der Waals surface area contributed by atoms with Gasteiger partial charge in [0.1, 0.15) is 0 Å². The highest BCUT2D eigenvalue weighted by Gasteiger charge is 2.13. The predicted octanol–water partition coefficient (Wildman–Crippen LogP) is 2.56. The number of rotatable bonds is 3. The molecule has 1 heterocycles. The minimum atomic E-state index is 0.351. The molecule has 0 fully saturated rings. The molecule has 0 spiro atoms. The maximum absolute atomic E-state index is 4.31. The summed E-state index contributed by atoms with van der Waals surface area (Å²) in [6, 6.07) is 6.06. The lowest BCUT2D eigenvalue weighted by atomic mass is 9.96. The first-order valence-corrected chi connectivity index (χ1v) is 5.06. The minimum Gasteiger partial charge on any atom is -0.300 e. The van der Waals surface area contributed by atoms with E-state index >= 15 is 0 Å². The van der Waals surface area contributed by atoms with Crippen LogP contribution in [0.2, 0.25) is 0 Å². The summed E-state index contributed by atoms with van der Waals surface area (Å²) < 4.78 is 0. The molecule has 0 aliphatic heterocycles. The van der Waals surface area contributed by atoms with Crippen molar-refractivity contribution in [2.75, 3.05) is 13.6 Å². The summed E-state index contributed by atoms with van der Waals surface area (Å²) in [7, 11) is 2.14. The second-order valence-electron chi connectivity index (χ2n) is 5.05. The van der Waals surface area contributed by atoms with E-state index in [9.17, 15) is 0 Å². The van der Waals surface area contributed by atoms with E-state index in [0.717, 1.165) is 18.8 Å². The van der Waals surface area contributed by atoms with Gasteiger partial charge in [-0.3, -0.25) is 4.98 Å². The predicted molar refractivity (Wildman–Crippen MR) is 60.0 cm³/mol. The van der Waals surface area contributed by atoms with Gasteiger partial charge in [-0.2, -0.15) is 0 Å².